The van der Waals surface area contributed by atoms with Gasteiger partial charge in [0.2, 0.25) is 6.08 Å². The van der Waals surface area contributed by atoms with Crippen LogP contribution >= 0.6 is 11.8 Å². The van der Waals surface area contributed by atoms with E-state index in [4.69, 9.17) is 0 Å². The van der Waals surface area contributed by atoms with Crippen molar-refractivity contribution in [1.82, 2.24) is 0 Å². The van der Waals surface area contributed by atoms with Crippen LogP contribution in [0.25, 0.3) is 0 Å². The lowest BCUT2D eigenvalue weighted by atomic mass is 9.72. The molecule has 2 saturated carbocycles. The summed E-state index contributed by atoms with van der Waals surface area (Å²) in [5.74, 6) is 0. The van der Waals surface area contributed by atoms with E-state index >= 15 is 0 Å². The molecule has 0 amide bonds. The maximum atomic E-state index is 10.6. The Kier molecular flexibility index (Phi) is 2.81. The number of aliphatic imine (C=N–C) groups is 1. The van der Waals surface area contributed by atoms with Crippen LogP contribution in [0.4, 0.5) is 0 Å². The van der Waals surface area contributed by atoms with Crippen molar-refractivity contribution >= 4 is 17.8 Å². The Morgan fingerprint density at radius 1 is 1.29 bits per heavy atom. The van der Waals surface area contributed by atoms with Crippen molar-refractivity contribution in [2.45, 2.75) is 47.8 Å². The molecule has 2 aliphatic rings. The van der Waals surface area contributed by atoms with E-state index in [2.05, 4.69) is 23.2 Å². The molecule has 3 heteroatoms. The van der Waals surface area contributed by atoms with E-state index in [1.807, 2.05) is 17.8 Å². The van der Waals surface area contributed by atoms with Crippen LogP contribution in [0.15, 0.2) is 34.2 Å². The summed E-state index contributed by atoms with van der Waals surface area (Å²) < 4.78 is 0. The molecule has 1 aromatic rings. The van der Waals surface area contributed by atoms with Gasteiger partial charge in [0, 0.05) is 10.1 Å². The molecule has 0 aromatic heterocycles. The second-order valence-corrected chi connectivity index (χ2v) is 6.24. The summed E-state index contributed by atoms with van der Waals surface area (Å²) in [6, 6.07) is 8.42. The van der Waals surface area contributed by atoms with E-state index in [1.165, 1.54) is 23.3 Å². The van der Waals surface area contributed by atoms with Gasteiger partial charge in [-0.2, -0.15) is 4.99 Å². The fourth-order valence-electron chi connectivity index (χ4n) is 2.36. The zero-order valence-corrected chi connectivity index (χ0v) is 10.5. The largest absolute Gasteiger partial charge is 0.235 e. The normalized spacial score (nSPS) is 21.4. The number of hydrogen-bond acceptors (Lipinski definition) is 3. The smallest absolute Gasteiger partial charge is 0.211 e. The van der Waals surface area contributed by atoms with Crippen molar-refractivity contribution in [1.29, 1.82) is 0 Å². The number of carbonyl (C=O) groups excluding carboxylic acids is 1. The van der Waals surface area contributed by atoms with Crippen molar-refractivity contribution in [3.8, 4) is 0 Å². The zero-order chi connectivity index (χ0) is 11.7. The van der Waals surface area contributed by atoms with Crippen LogP contribution in [0.1, 0.15) is 37.7 Å². The Bertz CT molecular complexity index is 471. The molecule has 17 heavy (non-hydrogen) atoms. The summed E-state index contributed by atoms with van der Waals surface area (Å²) in [6.07, 6.45) is 7.56. The standard InChI is InChI=1S/C14H15NOS/c16-10-15-14(8-3-9-14)12-4-1-2-5-13(12)17-11-6-7-11/h1-2,4-5,11H,3,6-9H2. The lowest BCUT2D eigenvalue weighted by Gasteiger charge is -2.38. The van der Waals surface area contributed by atoms with Gasteiger partial charge in [0.25, 0.3) is 0 Å². The predicted molar refractivity (Wildman–Crippen MR) is 69.0 cm³/mol. The zero-order valence-electron chi connectivity index (χ0n) is 9.69. The highest BCUT2D eigenvalue weighted by Crippen LogP contribution is 2.50. The number of thioether (sulfide) groups is 1. The van der Waals surface area contributed by atoms with Crippen LogP contribution in [0.3, 0.4) is 0 Å². The lowest BCUT2D eigenvalue weighted by Crippen LogP contribution is -2.32. The van der Waals surface area contributed by atoms with Gasteiger partial charge in [0.05, 0.1) is 5.54 Å². The van der Waals surface area contributed by atoms with Gasteiger partial charge in [0.1, 0.15) is 0 Å². The molecule has 0 unspecified atom stereocenters. The summed E-state index contributed by atoms with van der Waals surface area (Å²) in [4.78, 5) is 16.0. The van der Waals surface area contributed by atoms with Crippen molar-refractivity contribution in [3.63, 3.8) is 0 Å². The molecule has 0 saturated heterocycles. The Labute approximate surface area is 106 Å². The Hall–Kier alpha value is -1.05. The van der Waals surface area contributed by atoms with E-state index in [9.17, 15) is 4.79 Å². The number of benzene rings is 1. The predicted octanol–water partition coefficient (Wildman–Crippen LogP) is 3.66. The topological polar surface area (TPSA) is 29.4 Å². The second kappa shape index (κ2) is 4.32. The maximum absolute atomic E-state index is 10.6. The molecule has 0 spiro atoms. The van der Waals surface area contributed by atoms with Gasteiger partial charge < -0.3 is 0 Å². The molecule has 0 radical (unpaired) electrons. The van der Waals surface area contributed by atoms with Crippen molar-refractivity contribution in [2.75, 3.05) is 0 Å². The molecule has 0 bridgehead atoms. The van der Waals surface area contributed by atoms with Crippen molar-refractivity contribution in [3.05, 3.63) is 29.8 Å². The van der Waals surface area contributed by atoms with Gasteiger partial charge in [-0.1, -0.05) is 18.2 Å². The quantitative estimate of drug-likeness (QED) is 0.598. The van der Waals surface area contributed by atoms with E-state index in [-0.39, 0.29) is 5.54 Å². The average molecular weight is 245 g/mol. The number of nitrogens with zero attached hydrogens (tertiary/aromatic N) is 1. The van der Waals surface area contributed by atoms with Crippen LogP contribution in [0.5, 0.6) is 0 Å². The Morgan fingerprint density at radius 3 is 2.65 bits per heavy atom. The van der Waals surface area contributed by atoms with Gasteiger partial charge in [-0.25, -0.2) is 4.79 Å². The molecule has 2 aliphatic carbocycles. The summed E-state index contributed by atoms with van der Waals surface area (Å²) in [5.41, 5.74) is 0.992. The van der Waals surface area contributed by atoms with Crippen LogP contribution in [0.2, 0.25) is 0 Å². The summed E-state index contributed by atoms with van der Waals surface area (Å²) in [6.45, 7) is 0. The van der Waals surface area contributed by atoms with Crippen LogP contribution in [0, 0.1) is 0 Å². The van der Waals surface area contributed by atoms with E-state index in [1.54, 1.807) is 6.08 Å². The average Bonchev–Trinajstić information content (AvgIpc) is 3.09. The van der Waals surface area contributed by atoms with Crippen LogP contribution in [-0.2, 0) is 10.3 Å². The van der Waals surface area contributed by atoms with E-state index < -0.39 is 0 Å². The summed E-state index contributed by atoms with van der Waals surface area (Å²) in [7, 11) is 0. The van der Waals surface area contributed by atoms with Crippen molar-refractivity contribution in [2.24, 2.45) is 4.99 Å². The lowest BCUT2D eigenvalue weighted by molar-refractivity contribution is 0.251. The molecule has 1 aromatic carbocycles. The third kappa shape index (κ3) is 2.05. The highest BCUT2D eigenvalue weighted by Gasteiger charge is 2.41. The maximum Gasteiger partial charge on any atom is 0.235 e. The number of hydrogen-bond donors (Lipinski definition) is 0. The third-order valence-corrected chi connectivity index (χ3v) is 5.06. The summed E-state index contributed by atoms with van der Waals surface area (Å²) in [5, 5.41) is 0.786. The van der Waals surface area contributed by atoms with Gasteiger partial charge in [-0.15, -0.1) is 11.8 Å². The monoisotopic (exact) mass is 245 g/mol. The first-order valence-corrected chi connectivity index (χ1v) is 7.07. The molecule has 2 fully saturated rings. The summed E-state index contributed by atoms with van der Waals surface area (Å²) >= 11 is 1.95. The highest BCUT2D eigenvalue weighted by atomic mass is 32.2. The minimum atomic E-state index is -0.250. The van der Waals surface area contributed by atoms with E-state index in [0.717, 1.165) is 24.5 Å². The van der Waals surface area contributed by atoms with Crippen molar-refractivity contribution < 1.29 is 4.79 Å². The first kappa shape index (κ1) is 11.1. The third-order valence-electron chi connectivity index (χ3n) is 3.65. The SMILES string of the molecule is O=C=NC1(c2ccccc2SC2CC2)CCC1. The molecule has 2 nitrogen and oxygen atoms in total. The number of rotatable bonds is 4. The molecule has 88 valence electrons. The van der Waals surface area contributed by atoms with Crippen LogP contribution in [-0.4, -0.2) is 11.3 Å². The van der Waals surface area contributed by atoms with E-state index in [0.29, 0.717) is 0 Å². The van der Waals surface area contributed by atoms with Gasteiger partial charge in [-0.3, -0.25) is 0 Å². The Balaban J connectivity index is 1.97. The van der Waals surface area contributed by atoms with Crippen LogP contribution < -0.4 is 0 Å². The second-order valence-electron chi connectivity index (χ2n) is 4.90. The number of isocyanates is 1. The highest BCUT2D eigenvalue weighted by molar-refractivity contribution is 8.00. The minimum absolute atomic E-state index is 0.250. The first-order chi connectivity index (χ1) is 8.34. The molecular weight excluding hydrogens is 230 g/mol. The fourth-order valence-corrected chi connectivity index (χ4v) is 3.63. The van der Waals surface area contributed by atoms with Gasteiger partial charge in [-0.05, 0) is 43.7 Å². The minimum Gasteiger partial charge on any atom is -0.211 e. The molecule has 0 N–H and O–H groups in total. The van der Waals surface area contributed by atoms with Gasteiger partial charge in [0.15, 0.2) is 0 Å². The molecular formula is C14H15NOS. The Morgan fingerprint density at radius 2 is 2.06 bits per heavy atom. The fraction of sp³-hybridized carbons (Fsp3) is 0.500. The first-order valence-electron chi connectivity index (χ1n) is 6.19. The molecule has 3 rings (SSSR count). The molecule has 0 atom stereocenters. The molecule has 0 aliphatic heterocycles. The molecule has 0 heterocycles. The van der Waals surface area contributed by atoms with Gasteiger partial charge >= 0.3 is 0 Å².